The summed E-state index contributed by atoms with van der Waals surface area (Å²) in [6.07, 6.45) is 0. The van der Waals surface area contributed by atoms with Gasteiger partial charge in [0.25, 0.3) is 0 Å². The van der Waals surface area contributed by atoms with Gasteiger partial charge < -0.3 is 9.84 Å². The van der Waals surface area contributed by atoms with Gasteiger partial charge >= 0.3 is 0 Å². The number of benzene rings is 3. The van der Waals surface area contributed by atoms with E-state index in [4.69, 9.17) is 4.42 Å². The summed E-state index contributed by atoms with van der Waals surface area (Å²) in [6, 6.07) is 24.5. The van der Waals surface area contributed by atoms with E-state index in [-0.39, 0.29) is 0 Å². The second-order valence-electron chi connectivity index (χ2n) is 5.24. The van der Waals surface area contributed by atoms with Crippen molar-refractivity contribution < 1.29 is 4.42 Å². The number of hydrogen-bond donors (Lipinski definition) is 2. The fourth-order valence-corrected chi connectivity index (χ4v) is 2.71. The molecule has 3 aromatic carbocycles. The van der Waals surface area contributed by atoms with Crippen molar-refractivity contribution in [2.75, 3.05) is 5.43 Å². The molecule has 0 saturated heterocycles. The molecule has 0 amide bonds. The molecule has 4 aromatic rings. The van der Waals surface area contributed by atoms with Gasteiger partial charge in [-0.1, -0.05) is 54.6 Å². The molecule has 0 fully saturated rings. The molecular formula is C19H16N2O. The lowest BCUT2D eigenvalue weighted by atomic mass is 10.1. The summed E-state index contributed by atoms with van der Waals surface area (Å²) < 4.78 is 6.02. The lowest BCUT2D eigenvalue weighted by Crippen LogP contribution is -2.20. The third-order valence-electron chi connectivity index (χ3n) is 3.77. The molecule has 1 heterocycles. The fourth-order valence-electron chi connectivity index (χ4n) is 2.71. The van der Waals surface area contributed by atoms with Crippen molar-refractivity contribution >= 4 is 27.6 Å². The number of fused-ring (bicyclic) bond motifs is 3. The Kier molecular flexibility index (Phi) is 3.26. The van der Waals surface area contributed by atoms with E-state index in [1.165, 1.54) is 0 Å². The molecule has 22 heavy (non-hydrogen) atoms. The van der Waals surface area contributed by atoms with Crippen LogP contribution in [0.25, 0.3) is 21.9 Å². The van der Waals surface area contributed by atoms with E-state index in [1.807, 2.05) is 48.5 Å². The molecule has 0 spiro atoms. The van der Waals surface area contributed by atoms with E-state index in [0.717, 1.165) is 33.2 Å². The van der Waals surface area contributed by atoms with E-state index < -0.39 is 0 Å². The van der Waals surface area contributed by atoms with Gasteiger partial charge in [0.15, 0.2) is 0 Å². The summed E-state index contributed by atoms with van der Waals surface area (Å²) in [5, 5.41) is 2.32. The zero-order chi connectivity index (χ0) is 14.8. The minimum atomic E-state index is 0.687. The third kappa shape index (κ3) is 2.32. The molecule has 1 aromatic heterocycles. The van der Waals surface area contributed by atoms with Gasteiger partial charge in [-0.05, 0) is 18.2 Å². The smallest absolute Gasteiger partial charge is 0.139 e. The van der Waals surface area contributed by atoms with Gasteiger partial charge in [-0.15, -0.1) is 0 Å². The molecule has 108 valence electrons. The van der Waals surface area contributed by atoms with Crippen molar-refractivity contribution in [3.8, 4) is 0 Å². The Labute approximate surface area is 128 Å². The third-order valence-corrected chi connectivity index (χ3v) is 3.77. The van der Waals surface area contributed by atoms with Gasteiger partial charge in [-0.3, -0.25) is 0 Å². The van der Waals surface area contributed by atoms with Crippen LogP contribution < -0.4 is 10.9 Å². The Balaban J connectivity index is 1.61. The maximum absolute atomic E-state index is 6.02. The van der Waals surface area contributed by atoms with Crippen molar-refractivity contribution in [1.82, 2.24) is 5.43 Å². The number of hydrazine groups is 1. The quantitative estimate of drug-likeness (QED) is 0.534. The zero-order valence-electron chi connectivity index (χ0n) is 12.0. The maximum Gasteiger partial charge on any atom is 0.139 e. The Morgan fingerprint density at radius 2 is 1.50 bits per heavy atom. The van der Waals surface area contributed by atoms with Crippen molar-refractivity contribution in [3.05, 3.63) is 78.4 Å². The van der Waals surface area contributed by atoms with Crippen LogP contribution in [0.3, 0.4) is 0 Å². The van der Waals surface area contributed by atoms with Gasteiger partial charge in [0.1, 0.15) is 11.2 Å². The second kappa shape index (κ2) is 5.54. The molecule has 0 aliphatic heterocycles. The topological polar surface area (TPSA) is 37.2 Å². The van der Waals surface area contributed by atoms with E-state index >= 15 is 0 Å². The van der Waals surface area contributed by atoms with Gasteiger partial charge in [0.05, 0.1) is 0 Å². The molecule has 0 atom stereocenters. The number of furan rings is 1. The van der Waals surface area contributed by atoms with Crippen LogP contribution in [0.5, 0.6) is 0 Å². The molecule has 0 radical (unpaired) electrons. The first-order valence-corrected chi connectivity index (χ1v) is 7.35. The molecule has 0 aliphatic carbocycles. The number of anilines is 1. The van der Waals surface area contributed by atoms with Crippen LogP contribution in [-0.4, -0.2) is 0 Å². The highest BCUT2D eigenvalue weighted by Gasteiger charge is 2.09. The van der Waals surface area contributed by atoms with Gasteiger partial charge in [0, 0.05) is 28.6 Å². The summed E-state index contributed by atoms with van der Waals surface area (Å²) >= 11 is 0. The van der Waals surface area contributed by atoms with E-state index in [1.54, 1.807) is 0 Å². The second-order valence-corrected chi connectivity index (χ2v) is 5.24. The van der Waals surface area contributed by atoms with Crippen LogP contribution in [0, 0.1) is 0 Å². The zero-order valence-corrected chi connectivity index (χ0v) is 12.0. The molecule has 3 nitrogen and oxygen atoms in total. The van der Waals surface area contributed by atoms with Gasteiger partial charge in [-0.25, -0.2) is 5.43 Å². The van der Waals surface area contributed by atoms with Crippen molar-refractivity contribution in [3.63, 3.8) is 0 Å². The molecule has 0 bridgehead atoms. The van der Waals surface area contributed by atoms with E-state index in [2.05, 4.69) is 35.1 Å². The van der Waals surface area contributed by atoms with Crippen LogP contribution in [0.1, 0.15) is 5.56 Å². The molecule has 2 N–H and O–H groups in total. The molecule has 0 saturated carbocycles. The molecule has 0 unspecified atom stereocenters. The van der Waals surface area contributed by atoms with Crippen molar-refractivity contribution in [2.45, 2.75) is 6.54 Å². The molecule has 0 aliphatic rings. The highest BCUT2D eigenvalue weighted by Crippen LogP contribution is 2.30. The number of rotatable bonds is 4. The summed E-state index contributed by atoms with van der Waals surface area (Å²) in [6.45, 7) is 0.687. The van der Waals surface area contributed by atoms with Crippen LogP contribution in [0.15, 0.2) is 77.2 Å². The number of nitrogens with one attached hydrogen (secondary N) is 2. The monoisotopic (exact) mass is 288 g/mol. The van der Waals surface area contributed by atoms with Gasteiger partial charge in [-0.2, -0.15) is 0 Å². The first-order chi connectivity index (χ1) is 10.9. The summed E-state index contributed by atoms with van der Waals surface area (Å²) in [4.78, 5) is 0. The predicted octanol–water partition coefficient (Wildman–Crippen LogP) is 4.70. The minimum absolute atomic E-state index is 0.687. The Hall–Kier alpha value is -2.78. The Morgan fingerprint density at radius 3 is 2.41 bits per heavy atom. The standard InChI is InChI=1S/C19H16N2O/c1-2-8-15(9-3-1)21-20-13-14-7-6-11-17-16-10-4-5-12-18(16)22-19(14)17/h1-12,20-21H,13H2. The van der Waals surface area contributed by atoms with Gasteiger partial charge in [0.2, 0.25) is 0 Å². The van der Waals surface area contributed by atoms with E-state index in [0.29, 0.717) is 6.54 Å². The minimum Gasteiger partial charge on any atom is -0.456 e. The first-order valence-electron chi connectivity index (χ1n) is 7.35. The largest absolute Gasteiger partial charge is 0.456 e. The van der Waals surface area contributed by atoms with Crippen LogP contribution in [0.4, 0.5) is 5.69 Å². The highest BCUT2D eigenvalue weighted by molar-refractivity contribution is 6.05. The SMILES string of the molecule is c1ccc(NNCc2cccc3c2oc2ccccc23)cc1. The van der Waals surface area contributed by atoms with Crippen LogP contribution in [-0.2, 0) is 6.54 Å². The summed E-state index contributed by atoms with van der Waals surface area (Å²) in [7, 11) is 0. The molecular weight excluding hydrogens is 272 g/mol. The normalized spacial score (nSPS) is 11.1. The highest BCUT2D eigenvalue weighted by atomic mass is 16.3. The lowest BCUT2D eigenvalue weighted by Gasteiger charge is -2.08. The Morgan fingerprint density at radius 1 is 0.727 bits per heavy atom. The number of hydrogen-bond acceptors (Lipinski definition) is 3. The predicted molar refractivity (Wildman–Crippen MR) is 90.6 cm³/mol. The summed E-state index contributed by atoms with van der Waals surface area (Å²) in [5.41, 5.74) is 10.5. The molecule has 3 heteroatoms. The average Bonchev–Trinajstić information content (AvgIpc) is 2.96. The van der Waals surface area contributed by atoms with Crippen LogP contribution in [0.2, 0.25) is 0 Å². The summed E-state index contributed by atoms with van der Waals surface area (Å²) in [5.74, 6) is 0. The van der Waals surface area contributed by atoms with E-state index in [9.17, 15) is 0 Å². The fraction of sp³-hybridized carbons (Fsp3) is 0.0526. The molecule has 4 rings (SSSR count). The number of para-hydroxylation sites is 3. The maximum atomic E-state index is 6.02. The van der Waals surface area contributed by atoms with Crippen LogP contribution >= 0.6 is 0 Å². The Bertz CT molecular complexity index is 912. The van der Waals surface area contributed by atoms with Crippen molar-refractivity contribution in [2.24, 2.45) is 0 Å². The lowest BCUT2D eigenvalue weighted by molar-refractivity contribution is 0.657. The first kappa shape index (κ1) is 12.9. The van der Waals surface area contributed by atoms with Crippen molar-refractivity contribution in [1.29, 1.82) is 0 Å². The average molecular weight is 288 g/mol.